The van der Waals surface area contributed by atoms with Gasteiger partial charge in [0.1, 0.15) is 5.76 Å². The van der Waals surface area contributed by atoms with Gasteiger partial charge in [-0.1, -0.05) is 25.1 Å². The largest absolute Gasteiger partial charge is 0.468 e. The third-order valence-electron chi connectivity index (χ3n) is 3.81. The Morgan fingerprint density at radius 2 is 2.00 bits per heavy atom. The standard InChI is InChI=1S/C17H23NO2/c1-4-16(18-11-15-6-5-9-20-15)17(19)14-8-7-12(2)13(3)10-14/h5-10,16-19H,4,11H2,1-3H3. The van der Waals surface area contributed by atoms with Crippen LogP contribution in [-0.2, 0) is 6.54 Å². The van der Waals surface area contributed by atoms with Crippen LogP contribution >= 0.6 is 0 Å². The Morgan fingerprint density at radius 3 is 2.60 bits per heavy atom. The second kappa shape index (κ2) is 6.73. The van der Waals surface area contributed by atoms with Gasteiger partial charge in [0, 0.05) is 6.04 Å². The molecule has 0 bridgehead atoms. The molecule has 0 spiro atoms. The van der Waals surface area contributed by atoms with Crippen molar-refractivity contribution in [2.45, 2.75) is 45.9 Å². The SMILES string of the molecule is CCC(NCc1ccco1)C(O)c1ccc(C)c(C)c1. The zero-order valence-corrected chi connectivity index (χ0v) is 12.4. The summed E-state index contributed by atoms with van der Waals surface area (Å²) >= 11 is 0. The van der Waals surface area contributed by atoms with Crippen molar-refractivity contribution in [3.05, 3.63) is 59.0 Å². The van der Waals surface area contributed by atoms with Gasteiger partial charge < -0.3 is 14.8 Å². The Labute approximate surface area is 120 Å². The predicted octanol–water partition coefficient (Wildman–Crippen LogP) is 3.50. The smallest absolute Gasteiger partial charge is 0.117 e. The topological polar surface area (TPSA) is 45.4 Å². The highest BCUT2D eigenvalue weighted by Gasteiger charge is 2.19. The van der Waals surface area contributed by atoms with E-state index < -0.39 is 6.10 Å². The maximum Gasteiger partial charge on any atom is 0.117 e. The molecule has 20 heavy (non-hydrogen) atoms. The van der Waals surface area contributed by atoms with Gasteiger partial charge in [-0.3, -0.25) is 0 Å². The minimum Gasteiger partial charge on any atom is -0.468 e. The molecular formula is C17H23NO2. The molecule has 2 aromatic rings. The van der Waals surface area contributed by atoms with E-state index in [1.54, 1.807) is 6.26 Å². The summed E-state index contributed by atoms with van der Waals surface area (Å²) in [6.45, 7) is 6.86. The number of benzene rings is 1. The van der Waals surface area contributed by atoms with Gasteiger partial charge in [-0.15, -0.1) is 0 Å². The molecular weight excluding hydrogens is 250 g/mol. The van der Waals surface area contributed by atoms with Gasteiger partial charge in [-0.25, -0.2) is 0 Å². The number of aryl methyl sites for hydroxylation is 2. The summed E-state index contributed by atoms with van der Waals surface area (Å²) in [6.07, 6.45) is 2.02. The molecule has 1 aromatic carbocycles. The van der Waals surface area contributed by atoms with Gasteiger partial charge in [-0.05, 0) is 49.1 Å². The van der Waals surface area contributed by atoms with E-state index in [1.165, 1.54) is 11.1 Å². The fraction of sp³-hybridized carbons (Fsp3) is 0.412. The molecule has 3 nitrogen and oxygen atoms in total. The zero-order valence-electron chi connectivity index (χ0n) is 12.4. The lowest BCUT2D eigenvalue weighted by Gasteiger charge is -2.23. The zero-order chi connectivity index (χ0) is 14.5. The summed E-state index contributed by atoms with van der Waals surface area (Å²) in [7, 11) is 0. The summed E-state index contributed by atoms with van der Waals surface area (Å²) in [5, 5.41) is 13.9. The first-order valence-corrected chi connectivity index (χ1v) is 7.12. The summed E-state index contributed by atoms with van der Waals surface area (Å²) in [5.41, 5.74) is 3.42. The van der Waals surface area contributed by atoms with E-state index in [0.29, 0.717) is 6.54 Å². The molecule has 0 amide bonds. The van der Waals surface area contributed by atoms with Gasteiger partial charge in [0.05, 0.1) is 18.9 Å². The molecule has 0 saturated heterocycles. The van der Waals surface area contributed by atoms with Crippen molar-refractivity contribution in [1.82, 2.24) is 5.32 Å². The van der Waals surface area contributed by atoms with E-state index in [4.69, 9.17) is 4.42 Å². The van der Waals surface area contributed by atoms with Crippen molar-refractivity contribution in [1.29, 1.82) is 0 Å². The average molecular weight is 273 g/mol. The summed E-state index contributed by atoms with van der Waals surface area (Å²) in [4.78, 5) is 0. The lowest BCUT2D eigenvalue weighted by molar-refractivity contribution is 0.124. The Kier molecular flexibility index (Phi) is 4.99. The lowest BCUT2D eigenvalue weighted by Crippen LogP contribution is -2.34. The first kappa shape index (κ1) is 14.8. The maximum absolute atomic E-state index is 10.5. The van der Waals surface area contributed by atoms with Crippen LogP contribution in [0.15, 0.2) is 41.0 Å². The van der Waals surface area contributed by atoms with Crippen molar-refractivity contribution in [3.63, 3.8) is 0 Å². The summed E-state index contributed by atoms with van der Waals surface area (Å²) in [6, 6.07) is 9.95. The molecule has 2 rings (SSSR count). The highest BCUT2D eigenvalue weighted by molar-refractivity contribution is 5.31. The highest BCUT2D eigenvalue weighted by atomic mass is 16.3. The number of hydrogen-bond donors (Lipinski definition) is 2. The maximum atomic E-state index is 10.5. The monoisotopic (exact) mass is 273 g/mol. The van der Waals surface area contributed by atoms with E-state index in [2.05, 4.69) is 38.2 Å². The molecule has 2 atom stereocenters. The first-order valence-electron chi connectivity index (χ1n) is 7.12. The molecule has 1 aromatic heterocycles. The summed E-state index contributed by atoms with van der Waals surface area (Å²) < 4.78 is 5.30. The number of hydrogen-bond acceptors (Lipinski definition) is 3. The van der Waals surface area contributed by atoms with Gasteiger partial charge in [-0.2, -0.15) is 0 Å². The molecule has 0 aliphatic rings. The van der Waals surface area contributed by atoms with Crippen molar-refractivity contribution in [2.24, 2.45) is 0 Å². The Balaban J connectivity index is 2.03. The van der Waals surface area contributed by atoms with Crippen LogP contribution < -0.4 is 5.32 Å². The van der Waals surface area contributed by atoms with Crippen molar-refractivity contribution >= 4 is 0 Å². The number of aliphatic hydroxyl groups is 1. The fourth-order valence-electron chi connectivity index (χ4n) is 2.30. The minimum atomic E-state index is -0.505. The second-order valence-corrected chi connectivity index (χ2v) is 5.26. The Hall–Kier alpha value is -1.58. The average Bonchev–Trinajstić information content (AvgIpc) is 2.95. The van der Waals surface area contributed by atoms with Crippen molar-refractivity contribution in [3.8, 4) is 0 Å². The van der Waals surface area contributed by atoms with E-state index >= 15 is 0 Å². The lowest BCUT2D eigenvalue weighted by atomic mass is 9.97. The minimum absolute atomic E-state index is 0.0159. The Morgan fingerprint density at radius 1 is 1.20 bits per heavy atom. The predicted molar refractivity (Wildman–Crippen MR) is 80.5 cm³/mol. The first-order chi connectivity index (χ1) is 9.61. The van der Waals surface area contributed by atoms with Gasteiger partial charge in [0.15, 0.2) is 0 Å². The Bertz CT molecular complexity index is 534. The molecule has 1 heterocycles. The van der Waals surface area contributed by atoms with Crippen LogP contribution in [0.5, 0.6) is 0 Å². The van der Waals surface area contributed by atoms with Crippen LogP contribution in [-0.4, -0.2) is 11.1 Å². The molecule has 108 valence electrons. The van der Waals surface area contributed by atoms with Crippen molar-refractivity contribution < 1.29 is 9.52 Å². The van der Waals surface area contributed by atoms with Crippen molar-refractivity contribution in [2.75, 3.05) is 0 Å². The van der Waals surface area contributed by atoms with Gasteiger partial charge in [0.2, 0.25) is 0 Å². The molecule has 2 unspecified atom stereocenters. The molecule has 0 saturated carbocycles. The van der Waals surface area contributed by atoms with Gasteiger partial charge in [0.25, 0.3) is 0 Å². The second-order valence-electron chi connectivity index (χ2n) is 5.26. The van der Waals surface area contributed by atoms with Crippen LogP contribution in [0, 0.1) is 13.8 Å². The van der Waals surface area contributed by atoms with Crippen LogP contribution in [0.25, 0.3) is 0 Å². The normalized spacial score (nSPS) is 14.2. The summed E-state index contributed by atoms with van der Waals surface area (Å²) in [5.74, 6) is 0.885. The molecule has 3 heteroatoms. The highest BCUT2D eigenvalue weighted by Crippen LogP contribution is 2.22. The van der Waals surface area contributed by atoms with E-state index in [-0.39, 0.29) is 6.04 Å². The number of nitrogens with one attached hydrogen (secondary N) is 1. The van der Waals surface area contributed by atoms with E-state index in [9.17, 15) is 5.11 Å². The number of aliphatic hydroxyl groups excluding tert-OH is 1. The van der Waals surface area contributed by atoms with Crippen LogP contribution in [0.3, 0.4) is 0 Å². The van der Waals surface area contributed by atoms with E-state index in [0.717, 1.165) is 17.7 Å². The van der Waals surface area contributed by atoms with Crippen LogP contribution in [0.4, 0.5) is 0 Å². The molecule has 0 fully saturated rings. The van der Waals surface area contributed by atoms with Gasteiger partial charge >= 0.3 is 0 Å². The fourth-order valence-corrected chi connectivity index (χ4v) is 2.30. The van der Waals surface area contributed by atoms with Crippen LogP contribution in [0.1, 0.15) is 41.9 Å². The molecule has 0 radical (unpaired) electrons. The molecule has 2 N–H and O–H groups in total. The molecule has 0 aliphatic carbocycles. The quantitative estimate of drug-likeness (QED) is 0.846. The number of furan rings is 1. The third kappa shape index (κ3) is 3.50. The van der Waals surface area contributed by atoms with E-state index in [1.807, 2.05) is 18.2 Å². The van der Waals surface area contributed by atoms with Crippen LogP contribution in [0.2, 0.25) is 0 Å². The number of rotatable bonds is 6. The third-order valence-corrected chi connectivity index (χ3v) is 3.81. The molecule has 0 aliphatic heterocycles.